The van der Waals surface area contributed by atoms with Crippen molar-refractivity contribution >= 4 is 12.1 Å². The number of hydrogen-bond acceptors (Lipinski definition) is 3. The number of nitrogens with one attached hydrogen (secondary N) is 1. The van der Waals surface area contributed by atoms with E-state index in [-0.39, 0.29) is 28.8 Å². The number of amides is 1. The van der Waals surface area contributed by atoms with Gasteiger partial charge in [0, 0.05) is 11.3 Å². The zero-order chi connectivity index (χ0) is 22.0. The molecular weight excluding hydrogens is 390 g/mol. The number of hydrogen-bond donors (Lipinski definition) is 2. The second kappa shape index (κ2) is 6.59. The number of carbonyl (C=O) groups is 2. The molecule has 0 heterocycles. The first-order valence-corrected chi connectivity index (χ1v) is 11.0. The molecule has 4 aliphatic carbocycles. The zero-order valence-corrected chi connectivity index (χ0v) is 18.3. The van der Waals surface area contributed by atoms with Gasteiger partial charge in [-0.15, -0.1) is 0 Å². The third kappa shape index (κ3) is 2.89. The van der Waals surface area contributed by atoms with E-state index >= 15 is 0 Å². The maximum Gasteiger partial charge on any atom is 0.407 e. The summed E-state index contributed by atoms with van der Waals surface area (Å²) in [6, 6.07) is 15.4. The Morgan fingerprint density at radius 3 is 2.03 bits per heavy atom. The van der Waals surface area contributed by atoms with Crippen molar-refractivity contribution in [2.45, 2.75) is 52.0 Å². The lowest BCUT2D eigenvalue weighted by molar-refractivity contribution is -0.271. The smallest absolute Gasteiger partial charge is 0.407 e. The Morgan fingerprint density at radius 1 is 1.03 bits per heavy atom. The first-order chi connectivity index (χ1) is 14.7. The Balaban J connectivity index is 1.26. The predicted octanol–water partition coefficient (Wildman–Crippen LogP) is 5.19. The topological polar surface area (TPSA) is 75.6 Å². The van der Waals surface area contributed by atoms with Gasteiger partial charge in [-0.25, -0.2) is 9.59 Å². The standard InChI is InChI=1S/C26H29NO4/c1-24(2,3)26-13-25(14-26,15-26)21(22(28)29)27-23(30)31-12-20-18-10-6-4-8-16(18)17-9-5-7-11-19(17)20/h4-11,20-21H,12-15H2,1-3H3,(H,27,30)(H,28,29)/t21-,25?,26?/m1/s1. The van der Waals surface area contributed by atoms with Crippen molar-refractivity contribution in [3.8, 4) is 11.1 Å². The number of carbonyl (C=O) groups excluding carboxylic acids is 1. The molecule has 162 valence electrons. The van der Waals surface area contributed by atoms with Crippen molar-refractivity contribution in [2.75, 3.05) is 6.61 Å². The highest BCUT2D eigenvalue weighted by molar-refractivity contribution is 5.82. The Morgan fingerprint density at radius 2 is 1.55 bits per heavy atom. The summed E-state index contributed by atoms with van der Waals surface area (Å²) in [5.41, 5.74) is 4.64. The molecule has 2 bridgehead atoms. The first kappa shape index (κ1) is 20.1. The molecule has 3 fully saturated rings. The summed E-state index contributed by atoms with van der Waals surface area (Å²) in [4.78, 5) is 24.6. The monoisotopic (exact) mass is 419 g/mol. The minimum Gasteiger partial charge on any atom is -0.480 e. The van der Waals surface area contributed by atoms with Gasteiger partial charge in [-0.1, -0.05) is 69.3 Å². The summed E-state index contributed by atoms with van der Waals surface area (Å²) in [5, 5.41) is 12.5. The van der Waals surface area contributed by atoms with Gasteiger partial charge in [-0.05, 0) is 52.3 Å². The molecule has 0 saturated heterocycles. The fourth-order valence-electron chi connectivity index (χ4n) is 6.20. The second-order valence-electron chi connectivity index (χ2n) is 10.7. The molecule has 2 N–H and O–H groups in total. The van der Waals surface area contributed by atoms with Crippen molar-refractivity contribution in [3.63, 3.8) is 0 Å². The number of carboxylic acids is 1. The average Bonchev–Trinajstić information content (AvgIpc) is 2.96. The van der Waals surface area contributed by atoms with Crippen LogP contribution in [-0.2, 0) is 9.53 Å². The summed E-state index contributed by atoms with van der Waals surface area (Å²) < 4.78 is 5.58. The van der Waals surface area contributed by atoms with Gasteiger partial charge >= 0.3 is 12.1 Å². The largest absolute Gasteiger partial charge is 0.480 e. The number of aliphatic carboxylic acids is 1. The number of rotatable bonds is 5. The molecule has 0 radical (unpaired) electrons. The molecule has 1 amide bonds. The van der Waals surface area contributed by atoms with Gasteiger partial charge in [0.2, 0.25) is 0 Å². The highest BCUT2D eigenvalue weighted by Gasteiger charge is 2.75. The predicted molar refractivity (Wildman–Crippen MR) is 118 cm³/mol. The fourth-order valence-corrected chi connectivity index (χ4v) is 6.20. The summed E-state index contributed by atoms with van der Waals surface area (Å²) in [6.07, 6.45) is 1.90. The van der Waals surface area contributed by atoms with E-state index in [4.69, 9.17) is 4.74 Å². The van der Waals surface area contributed by atoms with Crippen LogP contribution in [0.2, 0.25) is 0 Å². The molecule has 0 aliphatic heterocycles. The molecule has 3 saturated carbocycles. The lowest BCUT2D eigenvalue weighted by Gasteiger charge is -2.77. The summed E-state index contributed by atoms with van der Waals surface area (Å²) >= 11 is 0. The average molecular weight is 420 g/mol. The number of carboxylic acid groups (broad SMARTS) is 1. The van der Waals surface area contributed by atoms with Crippen molar-refractivity contribution in [1.29, 1.82) is 0 Å². The van der Waals surface area contributed by atoms with Crippen molar-refractivity contribution < 1.29 is 19.4 Å². The van der Waals surface area contributed by atoms with E-state index in [0.29, 0.717) is 0 Å². The van der Waals surface area contributed by atoms with Gasteiger partial charge in [0.05, 0.1) is 0 Å². The second-order valence-corrected chi connectivity index (χ2v) is 10.7. The van der Waals surface area contributed by atoms with E-state index in [1.165, 1.54) is 0 Å². The molecule has 5 nitrogen and oxygen atoms in total. The molecule has 2 aromatic carbocycles. The number of fused-ring (bicyclic) bond motifs is 3. The highest BCUT2D eigenvalue weighted by atomic mass is 16.5. The van der Waals surface area contributed by atoms with Crippen LogP contribution < -0.4 is 5.32 Å². The molecule has 6 rings (SSSR count). The van der Waals surface area contributed by atoms with E-state index in [2.05, 4.69) is 50.4 Å². The summed E-state index contributed by atoms with van der Waals surface area (Å²) in [6.45, 7) is 6.83. The molecule has 4 aliphatic rings. The van der Waals surface area contributed by atoms with Crippen LogP contribution in [0.3, 0.4) is 0 Å². The van der Waals surface area contributed by atoms with E-state index in [9.17, 15) is 14.7 Å². The highest BCUT2D eigenvalue weighted by Crippen LogP contribution is 2.80. The van der Waals surface area contributed by atoms with Gasteiger partial charge in [0.1, 0.15) is 12.6 Å². The van der Waals surface area contributed by atoms with Crippen LogP contribution in [0.1, 0.15) is 57.1 Å². The van der Waals surface area contributed by atoms with E-state index in [1.807, 2.05) is 24.3 Å². The number of benzene rings is 2. The van der Waals surface area contributed by atoms with Gasteiger partial charge in [-0.2, -0.15) is 0 Å². The molecule has 0 spiro atoms. The van der Waals surface area contributed by atoms with Gasteiger partial charge in [0.25, 0.3) is 0 Å². The summed E-state index contributed by atoms with van der Waals surface area (Å²) in [5.74, 6) is -1.02. The molecule has 1 atom stereocenters. The summed E-state index contributed by atoms with van der Waals surface area (Å²) in [7, 11) is 0. The quantitative estimate of drug-likeness (QED) is 0.699. The number of ether oxygens (including phenoxy) is 1. The molecule has 2 aromatic rings. The minimum absolute atomic E-state index is 0.0412. The Bertz CT molecular complexity index is 1000. The van der Waals surface area contributed by atoms with Crippen molar-refractivity contribution in [2.24, 2.45) is 16.2 Å². The SMILES string of the molecule is CC(C)(C)C12CC([C@H](NC(=O)OCC3c4ccccc4-c4ccccc43)C(=O)O)(C1)C2. The number of alkyl carbamates (subject to hydrolysis) is 1. The van der Waals surface area contributed by atoms with E-state index in [0.717, 1.165) is 41.5 Å². The first-order valence-electron chi connectivity index (χ1n) is 11.0. The van der Waals surface area contributed by atoms with Crippen LogP contribution in [0.5, 0.6) is 0 Å². The van der Waals surface area contributed by atoms with Gasteiger partial charge in [-0.3, -0.25) is 0 Å². The third-order valence-corrected chi connectivity index (χ3v) is 8.13. The maximum absolute atomic E-state index is 12.6. The minimum atomic E-state index is -0.976. The van der Waals surface area contributed by atoms with Crippen LogP contribution in [0.15, 0.2) is 48.5 Å². The maximum atomic E-state index is 12.6. The third-order valence-electron chi connectivity index (χ3n) is 8.13. The van der Waals surface area contributed by atoms with E-state index < -0.39 is 18.1 Å². The van der Waals surface area contributed by atoms with Crippen LogP contribution in [0, 0.1) is 16.2 Å². The van der Waals surface area contributed by atoms with Gasteiger partial charge < -0.3 is 15.2 Å². The molecular formula is C26H29NO4. The Labute approximate surface area is 182 Å². The lowest BCUT2D eigenvalue weighted by atomic mass is 9.28. The van der Waals surface area contributed by atoms with Gasteiger partial charge in [0.15, 0.2) is 0 Å². The lowest BCUT2D eigenvalue weighted by Crippen LogP contribution is -2.74. The fraction of sp³-hybridized carbons (Fsp3) is 0.462. The molecule has 0 aromatic heterocycles. The normalized spacial score (nSPS) is 26.7. The Hall–Kier alpha value is -2.82. The van der Waals surface area contributed by atoms with Crippen LogP contribution in [-0.4, -0.2) is 29.8 Å². The van der Waals surface area contributed by atoms with Crippen molar-refractivity contribution in [1.82, 2.24) is 5.32 Å². The molecule has 5 heteroatoms. The molecule has 31 heavy (non-hydrogen) atoms. The van der Waals surface area contributed by atoms with Crippen LogP contribution >= 0.6 is 0 Å². The van der Waals surface area contributed by atoms with Crippen LogP contribution in [0.4, 0.5) is 4.79 Å². The Kier molecular flexibility index (Phi) is 4.27. The van der Waals surface area contributed by atoms with Crippen molar-refractivity contribution in [3.05, 3.63) is 59.7 Å². The molecule has 0 unspecified atom stereocenters. The zero-order valence-electron chi connectivity index (χ0n) is 18.3. The van der Waals surface area contributed by atoms with Crippen LogP contribution in [0.25, 0.3) is 11.1 Å². The van der Waals surface area contributed by atoms with E-state index in [1.54, 1.807) is 0 Å².